The van der Waals surface area contributed by atoms with Crippen molar-refractivity contribution in [2.45, 2.75) is 96.4 Å². The zero-order valence-corrected chi connectivity index (χ0v) is 24.9. The van der Waals surface area contributed by atoms with E-state index >= 15 is 0 Å². The van der Waals surface area contributed by atoms with Gasteiger partial charge in [0.1, 0.15) is 13.0 Å². The highest BCUT2D eigenvalue weighted by molar-refractivity contribution is 6.02. The van der Waals surface area contributed by atoms with Crippen molar-refractivity contribution in [3.63, 3.8) is 0 Å². The van der Waals surface area contributed by atoms with Gasteiger partial charge in [-0.3, -0.25) is 24.0 Å². The predicted molar refractivity (Wildman–Crippen MR) is 160 cm³/mol. The first-order chi connectivity index (χ1) is 20.8. The van der Waals surface area contributed by atoms with Crippen molar-refractivity contribution >= 4 is 11.6 Å². The van der Waals surface area contributed by atoms with Crippen LogP contribution in [0.4, 0.5) is 5.69 Å². The van der Waals surface area contributed by atoms with Crippen LogP contribution >= 0.6 is 0 Å². The first-order valence-electron chi connectivity index (χ1n) is 14.9. The van der Waals surface area contributed by atoms with E-state index in [9.17, 15) is 19.5 Å². The minimum absolute atomic E-state index is 0.117. The topological polar surface area (TPSA) is 181 Å². The van der Waals surface area contributed by atoms with Crippen molar-refractivity contribution < 1.29 is 29.3 Å². The van der Waals surface area contributed by atoms with Crippen LogP contribution in [0, 0.1) is 0 Å². The van der Waals surface area contributed by atoms with Gasteiger partial charge in [-0.2, -0.15) is 0 Å². The van der Waals surface area contributed by atoms with Crippen LogP contribution in [0.25, 0.3) is 0 Å². The lowest BCUT2D eigenvalue weighted by Gasteiger charge is -2.44. The molecule has 0 aliphatic carbocycles. The number of nitrogens with two attached hydrogens (primary N) is 1. The van der Waals surface area contributed by atoms with Crippen LogP contribution in [0.15, 0.2) is 58.0 Å². The second kappa shape index (κ2) is 17.7. The van der Waals surface area contributed by atoms with Gasteiger partial charge in [0.15, 0.2) is 5.76 Å². The van der Waals surface area contributed by atoms with Crippen LogP contribution in [0.1, 0.15) is 76.9 Å². The number of hydrogen-bond donors (Lipinski definition) is 5. The quantitative estimate of drug-likeness (QED) is 0.179. The number of benzene rings is 1. The summed E-state index contributed by atoms with van der Waals surface area (Å²) in [5.41, 5.74) is 0.686. The number of unbranched alkanes of at least 4 members (excludes halogenated alkanes) is 3. The molecule has 13 nitrogen and oxygen atoms in total. The number of hydrogen-bond acceptors (Lipinski definition) is 10. The highest BCUT2D eigenvalue weighted by Gasteiger charge is 2.41. The molecule has 2 aliphatic heterocycles. The number of likely N-dealkylation sites (tertiary alicyclic amines) is 1. The van der Waals surface area contributed by atoms with Crippen LogP contribution in [-0.4, -0.2) is 62.5 Å². The Kier molecular flexibility index (Phi) is 14.1. The van der Waals surface area contributed by atoms with Gasteiger partial charge in [0.2, 0.25) is 6.29 Å². The molecule has 2 aromatic rings. The average Bonchev–Trinajstić information content (AvgIpc) is 3.01. The molecular weight excluding hydrogens is 558 g/mol. The third-order valence-electron chi connectivity index (χ3n) is 7.29. The minimum Gasteiger partial charge on any atom is -0.459 e. The van der Waals surface area contributed by atoms with Gasteiger partial charge in [0.25, 0.3) is 11.5 Å². The number of anilines is 1. The number of H-pyrrole nitrogens is 1. The Morgan fingerprint density at radius 1 is 1.12 bits per heavy atom. The van der Waals surface area contributed by atoms with Crippen LogP contribution < -0.4 is 22.5 Å². The van der Waals surface area contributed by atoms with E-state index in [1.54, 1.807) is 11.0 Å². The standard InChI is InChI=1S/C24H31N5O7.C6H14O/c1-2-15-6-8-16(9-7-15)26-22(32)18-4-3-5-21(35-18)36-23-17(30)10-11-20(29(23)14-34-25)28-13-12-19(31)27-24(28)33;1-2-3-4-5-6-7/h4,6-9,12-13,17,20-21,23,30H,2-3,5,10-11,14,25H2,1H3,(H,26,32)(H,27,31,33);7H,2-6H2,1H3. The van der Waals surface area contributed by atoms with Crippen molar-refractivity contribution in [1.29, 1.82) is 0 Å². The Labute approximate surface area is 251 Å². The summed E-state index contributed by atoms with van der Waals surface area (Å²) < 4.78 is 13.2. The molecule has 1 aromatic heterocycles. The highest BCUT2D eigenvalue weighted by Crippen LogP contribution is 2.32. The zero-order valence-electron chi connectivity index (χ0n) is 24.9. The lowest BCUT2D eigenvalue weighted by Crippen LogP contribution is -2.56. The number of nitrogens with zero attached hydrogens (tertiary/aromatic N) is 2. The number of piperidine rings is 1. The second-order valence-electron chi connectivity index (χ2n) is 10.5. The molecular formula is C30H45N5O8. The zero-order chi connectivity index (χ0) is 31.2. The average molecular weight is 604 g/mol. The molecule has 1 aromatic carbocycles. The van der Waals surface area contributed by atoms with E-state index in [4.69, 9.17) is 25.3 Å². The number of aliphatic hydroxyl groups excluding tert-OH is 2. The Hall–Kier alpha value is -3.33. The Morgan fingerprint density at radius 2 is 1.88 bits per heavy atom. The third-order valence-corrected chi connectivity index (χ3v) is 7.29. The van der Waals surface area contributed by atoms with Gasteiger partial charge in [-0.15, -0.1) is 0 Å². The van der Waals surface area contributed by atoms with Gasteiger partial charge in [-0.25, -0.2) is 15.6 Å². The van der Waals surface area contributed by atoms with E-state index in [1.807, 2.05) is 24.3 Å². The van der Waals surface area contributed by atoms with Gasteiger partial charge in [0.05, 0.1) is 12.3 Å². The fourth-order valence-corrected chi connectivity index (χ4v) is 4.95. The number of rotatable bonds is 12. The number of carbonyl (C=O) groups excluding carboxylic acids is 1. The molecule has 0 saturated carbocycles. The number of aromatic nitrogens is 2. The van der Waals surface area contributed by atoms with Crippen molar-refractivity contribution in [3.8, 4) is 0 Å². The molecule has 1 fully saturated rings. The number of aliphatic hydroxyl groups is 2. The van der Waals surface area contributed by atoms with Gasteiger partial charge in [-0.1, -0.05) is 45.2 Å². The Morgan fingerprint density at radius 3 is 2.53 bits per heavy atom. The molecule has 0 bridgehead atoms. The van der Waals surface area contributed by atoms with Gasteiger partial charge in [0, 0.05) is 31.0 Å². The molecule has 6 N–H and O–H groups in total. The molecule has 1 saturated heterocycles. The molecule has 4 atom stereocenters. The molecule has 4 unspecified atom stereocenters. The summed E-state index contributed by atoms with van der Waals surface area (Å²) in [5, 5.41) is 21.8. The summed E-state index contributed by atoms with van der Waals surface area (Å²) in [6, 6.07) is 8.78. The minimum atomic E-state index is -0.944. The molecule has 43 heavy (non-hydrogen) atoms. The number of allylic oxidation sites excluding steroid dienone is 1. The van der Waals surface area contributed by atoms with Crippen molar-refractivity contribution in [2.24, 2.45) is 5.90 Å². The molecule has 1 amide bonds. The molecule has 13 heteroatoms. The van der Waals surface area contributed by atoms with Crippen LogP contribution in [0.2, 0.25) is 0 Å². The lowest BCUT2D eigenvalue weighted by molar-refractivity contribution is -0.265. The number of ether oxygens (including phenoxy) is 2. The van der Waals surface area contributed by atoms with Crippen LogP contribution in [0.3, 0.4) is 0 Å². The van der Waals surface area contributed by atoms with E-state index in [-0.39, 0.29) is 12.5 Å². The van der Waals surface area contributed by atoms with Crippen molar-refractivity contribution in [1.82, 2.24) is 14.5 Å². The smallest absolute Gasteiger partial charge is 0.329 e. The van der Waals surface area contributed by atoms with E-state index < -0.39 is 41.9 Å². The third kappa shape index (κ3) is 10.1. The van der Waals surface area contributed by atoms with E-state index in [0.29, 0.717) is 38.0 Å². The fourth-order valence-electron chi connectivity index (χ4n) is 4.95. The summed E-state index contributed by atoms with van der Waals surface area (Å²) in [6.45, 7) is 4.42. The summed E-state index contributed by atoms with van der Waals surface area (Å²) in [5.74, 6) is 5.05. The molecule has 238 valence electrons. The van der Waals surface area contributed by atoms with Crippen molar-refractivity contribution in [2.75, 3.05) is 18.7 Å². The van der Waals surface area contributed by atoms with E-state index in [1.165, 1.54) is 36.1 Å². The molecule has 2 aliphatic rings. The fraction of sp³-hybridized carbons (Fsp3) is 0.567. The normalized spacial score (nSPS) is 22.1. The monoisotopic (exact) mass is 603 g/mol. The lowest BCUT2D eigenvalue weighted by atomic mass is 10.0. The van der Waals surface area contributed by atoms with Crippen molar-refractivity contribution in [3.05, 3.63) is 74.8 Å². The van der Waals surface area contributed by atoms with Crippen LogP contribution in [-0.2, 0) is 25.5 Å². The number of carbonyl (C=O) groups is 1. The summed E-state index contributed by atoms with van der Waals surface area (Å²) in [7, 11) is 0. The molecule has 0 radical (unpaired) electrons. The van der Waals surface area contributed by atoms with Gasteiger partial charge >= 0.3 is 5.69 Å². The van der Waals surface area contributed by atoms with E-state index in [2.05, 4.69) is 24.1 Å². The summed E-state index contributed by atoms with van der Waals surface area (Å²) >= 11 is 0. The number of nitrogens with one attached hydrogen (secondary N) is 2. The van der Waals surface area contributed by atoms with Crippen LogP contribution in [0.5, 0.6) is 0 Å². The summed E-state index contributed by atoms with van der Waals surface area (Å²) in [4.78, 5) is 45.3. The number of aromatic amines is 1. The number of aryl methyl sites for hydroxylation is 1. The molecule has 4 rings (SSSR count). The largest absolute Gasteiger partial charge is 0.459 e. The highest BCUT2D eigenvalue weighted by atomic mass is 16.7. The SMILES string of the molecule is CCCCCCO.CCc1ccc(NC(=O)C2=CCCC(OC3C(O)CCC(n4ccc(=O)[nH]c4=O)N3CON)O2)cc1. The number of amides is 1. The van der Waals surface area contributed by atoms with Gasteiger partial charge in [-0.05, 0) is 55.9 Å². The second-order valence-corrected chi connectivity index (χ2v) is 10.5. The van der Waals surface area contributed by atoms with Gasteiger partial charge < -0.3 is 25.0 Å². The first-order valence-corrected chi connectivity index (χ1v) is 14.9. The van der Waals surface area contributed by atoms with E-state index in [0.717, 1.165) is 18.4 Å². The maximum atomic E-state index is 12.8. The first kappa shape index (κ1) is 34.2. The predicted octanol–water partition coefficient (Wildman–Crippen LogP) is 2.46. The maximum Gasteiger partial charge on any atom is 0.329 e. The summed E-state index contributed by atoms with van der Waals surface area (Å²) in [6.07, 6.45) is 7.02. The molecule has 0 spiro atoms. The molecule has 3 heterocycles. The maximum absolute atomic E-state index is 12.8. The Bertz CT molecular complexity index is 1270. The Balaban J connectivity index is 0.000000646.